The number of nitrogens with zero attached hydrogens (tertiary/aromatic N) is 1. The van der Waals surface area contributed by atoms with Gasteiger partial charge < -0.3 is 19.9 Å². The van der Waals surface area contributed by atoms with E-state index in [-0.39, 0.29) is 6.61 Å². The van der Waals surface area contributed by atoms with Crippen molar-refractivity contribution in [2.75, 3.05) is 11.9 Å². The Hall–Kier alpha value is -1.82. The molecule has 1 aromatic heterocycles. The molecule has 0 aromatic carbocycles. The fourth-order valence-electron chi connectivity index (χ4n) is 1.56. The van der Waals surface area contributed by atoms with Gasteiger partial charge in [0.1, 0.15) is 0 Å². The maximum absolute atomic E-state index is 11.2. The van der Waals surface area contributed by atoms with Gasteiger partial charge in [-0.05, 0) is 13.0 Å². The first-order valence-electron chi connectivity index (χ1n) is 4.94. The molecule has 0 bridgehead atoms. The number of pyridine rings is 1. The van der Waals surface area contributed by atoms with Crippen LogP contribution in [0.4, 0.5) is 10.5 Å². The molecule has 2 rings (SSSR count). The lowest BCUT2D eigenvalue weighted by Crippen LogP contribution is -2.24. The topological polar surface area (TPSA) is 80.7 Å². The highest BCUT2D eigenvalue weighted by molar-refractivity contribution is 5.63. The van der Waals surface area contributed by atoms with Crippen molar-refractivity contribution < 1.29 is 19.4 Å². The molecule has 0 aliphatic carbocycles. The van der Waals surface area contributed by atoms with Crippen molar-refractivity contribution in [2.45, 2.75) is 19.3 Å². The first kappa shape index (κ1) is 10.7. The van der Waals surface area contributed by atoms with Crippen LogP contribution in [0.2, 0.25) is 0 Å². The third-order valence-electron chi connectivity index (χ3n) is 2.24. The average molecular weight is 224 g/mol. The number of rotatable bonds is 2. The largest absolute Gasteiger partial charge is 0.509 e. The summed E-state index contributed by atoms with van der Waals surface area (Å²) in [6, 6.07) is 1.68. The van der Waals surface area contributed by atoms with E-state index in [1.165, 1.54) is 0 Å². The number of aliphatic hydroxyl groups is 1. The molecule has 0 radical (unpaired) electrons. The molecule has 0 saturated carbocycles. The maximum Gasteiger partial charge on any atom is 0.509 e. The number of aromatic nitrogens is 1. The van der Waals surface area contributed by atoms with Gasteiger partial charge in [0.25, 0.3) is 0 Å². The summed E-state index contributed by atoms with van der Waals surface area (Å²) < 4.78 is 9.64. The molecule has 0 fully saturated rings. The third-order valence-corrected chi connectivity index (χ3v) is 2.24. The fourth-order valence-corrected chi connectivity index (χ4v) is 1.56. The number of carbonyl (C=O) groups is 1. The summed E-state index contributed by atoms with van der Waals surface area (Å²) in [5, 5.41) is 12.4. The van der Waals surface area contributed by atoms with E-state index in [1.807, 2.05) is 0 Å². The summed E-state index contributed by atoms with van der Waals surface area (Å²) >= 11 is 0. The highest BCUT2D eigenvalue weighted by atomic mass is 16.7. The van der Waals surface area contributed by atoms with E-state index in [1.54, 1.807) is 25.4 Å². The lowest BCUT2D eigenvalue weighted by Gasteiger charge is -2.15. The molecular formula is C10H12N2O4. The van der Waals surface area contributed by atoms with Gasteiger partial charge in [-0.3, -0.25) is 4.98 Å². The van der Waals surface area contributed by atoms with Crippen LogP contribution in [0.1, 0.15) is 18.6 Å². The molecule has 0 amide bonds. The van der Waals surface area contributed by atoms with Crippen LogP contribution in [-0.2, 0) is 9.47 Å². The molecule has 6 nitrogen and oxygen atoms in total. The van der Waals surface area contributed by atoms with Crippen LogP contribution in [0.25, 0.3) is 0 Å². The Morgan fingerprint density at radius 1 is 1.69 bits per heavy atom. The van der Waals surface area contributed by atoms with Crippen LogP contribution in [-0.4, -0.2) is 29.1 Å². The third kappa shape index (κ3) is 1.92. The Bertz CT molecular complexity index is 396. The monoisotopic (exact) mass is 224 g/mol. The Kier molecular flexibility index (Phi) is 2.91. The second kappa shape index (κ2) is 4.36. The zero-order valence-electron chi connectivity index (χ0n) is 8.71. The second-order valence-corrected chi connectivity index (χ2v) is 3.27. The minimum Gasteiger partial charge on any atom is -0.435 e. The van der Waals surface area contributed by atoms with Gasteiger partial charge in [-0.2, -0.15) is 0 Å². The number of carbonyl (C=O) groups excluding carboxylic acids is 1. The van der Waals surface area contributed by atoms with Crippen LogP contribution in [0, 0.1) is 0 Å². The molecular weight excluding hydrogens is 212 g/mol. The van der Waals surface area contributed by atoms with Crippen molar-refractivity contribution >= 4 is 11.8 Å². The van der Waals surface area contributed by atoms with Crippen molar-refractivity contribution in [1.29, 1.82) is 0 Å². The van der Waals surface area contributed by atoms with Crippen LogP contribution in [0.5, 0.6) is 0 Å². The molecule has 0 saturated heterocycles. The van der Waals surface area contributed by atoms with Crippen LogP contribution in [0.3, 0.4) is 0 Å². The Morgan fingerprint density at radius 2 is 2.50 bits per heavy atom. The van der Waals surface area contributed by atoms with Gasteiger partial charge in [-0.25, -0.2) is 4.79 Å². The molecule has 1 aromatic rings. The van der Waals surface area contributed by atoms with Crippen LogP contribution in [0.15, 0.2) is 18.5 Å². The molecule has 1 aliphatic rings. The molecule has 1 aliphatic heterocycles. The molecule has 2 heterocycles. The summed E-state index contributed by atoms with van der Waals surface area (Å²) in [7, 11) is 0. The maximum atomic E-state index is 11.2. The number of anilines is 1. The highest BCUT2D eigenvalue weighted by Crippen LogP contribution is 2.34. The Morgan fingerprint density at radius 3 is 3.25 bits per heavy atom. The summed E-state index contributed by atoms with van der Waals surface area (Å²) in [5.74, 6) is 0. The quantitative estimate of drug-likeness (QED) is 0.730. The van der Waals surface area contributed by atoms with Crippen LogP contribution >= 0.6 is 0 Å². The number of fused-ring (bicyclic) bond motifs is 1. The van der Waals surface area contributed by atoms with Gasteiger partial charge in [0, 0.05) is 11.8 Å². The molecule has 2 atom stereocenters. The van der Waals surface area contributed by atoms with Crippen molar-refractivity contribution in [3.63, 3.8) is 0 Å². The minimum absolute atomic E-state index is 0.234. The summed E-state index contributed by atoms with van der Waals surface area (Å²) in [4.78, 5) is 15.1. The summed E-state index contributed by atoms with van der Waals surface area (Å²) in [6.07, 6.45) is 0.617. The van der Waals surface area contributed by atoms with Crippen molar-refractivity contribution in [3.05, 3.63) is 24.0 Å². The predicted molar refractivity (Wildman–Crippen MR) is 54.7 cm³/mol. The second-order valence-electron chi connectivity index (χ2n) is 3.27. The molecule has 6 heteroatoms. The standard InChI is InChI=1S/C10H12N2O4/c1-2-15-10(14)16-8-6-3-4-11-5-7(6)12-9(8)13/h3-5,8-9,12-13H,2H2,1H3. The number of aliphatic hydroxyl groups excluding tert-OH is 1. The van der Waals surface area contributed by atoms with E-state index in [0.29, 0.717) is 11.3 Å². The van der Waals surface area contributed by atoms with Crippen molar-refractivity contribution in [2.24, 2.45) is 0 Å². The van der Waals surface area contributed by atoms with E-state index in [0.717, 1.165) is 0 Å². The van der Waals surface area contributed by atoms with Crippen molar-refractivity contribution in [1.82, 2.24) is 4.98 Å². The highest BCUT2D eigenvalue weighted by Gasteiger charge is 2.34. The summed E-state index contributed by atoms with van der Waals surface area (Å²) in [6.45, 7) is 1.92. The Labute approximate surface area is 92.2 Å². The predicted octanol–water partition coefficient (Wildman–Crippen LogP) is 1.04. The average Bonchev–Trinajstić information content (AvgIpc) is 2.56. The summed E-state index contributed by atoms with van der Waals surface area (Å²) in [5.41, 5.74) is 1.35. The van der Waals surface area contributed by atoms with Crippen LogP contribution < -0.4 is 5.32 Å². The Balaban J connectivity index is 2.13. The minimum atomic E-state index is -0.969. The first-order chi connectivity index (χ1) is 7.72. The molecule has 2 N–H and O–H groups in total. The number of hydrogen-bond donors (Lipinski definition) is 2. The van der Waals surface area contributed by atoms with Gasteiger partial charge in [-0.15, -0.1) is 0 Å². The normalized spacial score (nSPS) is 22.1. The number of hydrogen-bond acceptors (Lipinski definition) is 6. The van der Waals surface area contributed by atoms with E-state index < -0.39 is 18.5 Å². The molecule has 16 heavy (non-hydrogen) atoms. The molecule has 0 spiro atoms. The van der Waals surface area contributed by atoms with E-state index in [2.05, 4.69) is 15.0 Å². The van der Waals surface area contributed by atoms with Gasteiger partial charge >= 0.3 is 6.16 Å². The van der Waals surface area contributed by atoms with E-state index in [4.69, 9.17) is 4.74 Å². The van der Waals surface area contributed by atoms with E-state index in [9.17, 15) is 9.90 Å². The van der Waals surface area contributed by atoms with Gasteiger partial charge in [0.15, 0.2) is 12.3 Å². The molecule has 2 unspecified atom stereocenters. The zero-order valence-corrected chi connectivity index (χ0v) is 8.71. The van der Waals surface area contributed by atoms with Gasteiger partial charge in [0.05, 0.1) is 18.5 Å². The first-order valence-corrected chi connectivity index (χ1v) is 4.94. The lowest BCUT2D eigenvalue weighted by atomic mass is 10.1. The lowest BCUT2D eigenvalue weighted by molar-refractivity contribution is -0.0170. The molecule has 86 valence electrons. The van der Waals surface area contributed by atoms with Gasteiger partial charge in [0.2, 0.25) is 0 Å². The number of ether oxygens (including phenoxy) is 2. The van der Waals surface area contributed by atoms with Crippen molar-refractivity contribution in [3.8, 4) is 0 Å². The van der Waals surface area contributed by atoms with E-state index >= 15 is 0 Å². The fraction of sp³-hybridized carbons (Fsp3) is 0.400. The number of nitrogens with one attached hydrogen (secondary N) is 1. The van der Waals surface area contributed by atoms with Gasteiger partial charge in [-0.1, -0.05) is 0 Å². The SMILES string of the molecule is CCOC(=O)OC1c2ccncc2NC1O. The zero-order chi connectivity index (χ0) is 11.5. The smallest absolute Gasteiger partial charge is 0.435 e.